The normalized spacial score (nSPS) is 17.4. The Bertz CT molecular complexity index is 624. The second-order valence-electron chi connectivity index (χ2n) is 6.33. The van der Waals surface area contributed by atoms with Gasteiger partial charge in [0, 0.05) is 46.0 Å². The monoisotopic (exact) mass is 386 g/mol. The first kappa shape index (κ1) is 20.0. The Kier molecular flexibility index (Phi) is 7.54. The van der Waals surface area contributed by atoms with Gasteiger partial charge >= 0.3 is 0 Å². The molecule has 0 saturated carbocycles. The number of ether oxygens (including phenoxy) is 1. The van der Waals surface area contributed by atoms with Crippen molar-refractivity contribution in [2.24, 2.45) is 5.92 Å². The van der Waals surface area contributed by atoms with Crippen LogP contribution in [0.3, 0.4) is 0 Å². The maximum Gasteiger partial charge on any atom is 0.253 e. The van der Waals surface area contributed by atoms with Gasteiger partial charge in [0.15, 0.2) is 0 Å². The molecule has 1 atom stereocenters. The number of piperidine rings is 1. The number of hydrogen-bond donors (Lipinski definition) is 0. The van der Waals surface area contributed by atoms with E-state index in [4.69, 9.17) is 27.9 Å². The van der Waals surface area contributed by atoms with Crippen molar-refractivity contribution in [1.82, 2.24) is 9.80 Å². The Morgan fingerprint density at radius 3 is 2.76 bits per heavy atom. The molecule has 0 bridgehead atoms. The minimum absolute atomic E-state index is 0.0859. The van der Waals surface area contributed by atoms with E-state index in [1.54, 1.807) is 42.2 Å². The molecule has 1 aliphatic rings. The van der Waals surface area contributed by atoms with Gasteiger partial charge in [-0.15, -0.1) is 0 Å². The highest BCUT2D eigenvalue weighted by Crippen LogP contribution is 2.25. The van der Waals surface area contributed by atoms with Gasteiger partial charge in [-0.05, 0) is 37.5 Å². The van der Waals surface area contributed by atoms with E-state index in [2.05, 4.69) is 0 Å². The molecule has 2 amide bonds. The number of rotatable bonds is 6. The van der Waals surface area contributed by atoms with Gasteiger partial charge in [-0.1, -0.05) is 23.2 Å². The fourth-order valence-electron chi connectivity index (χ4n) is 3.04. The van der Waals surface area contributed by atoms with Crippen LogP contribution in [0.4, 0.5) is 0 Å². The molecular weight excluding hydrogens is 363 g/mol. The number of benzene rings is 1. The standard InChI is InChI=1S/C18H24Cl2N2O3/c1-21(8-4-10-25-2)17(23)14-5-3-9-22(12-14)18(24)13-6-7-15(19)16(20)11-13/h6-7,11,14H,3-5,8-10,12H2,1-2H3. The van der Waals surface area contributed by atoms with Crippen LogP contribution >= 0.6 is 23.2 Å². The van der Waals surface area contributed by atoms with Crippen LogP contribution in [0.1, 0.15) is 29.6 Å². The second-order valence-corrected chi connectivity index (χ2v) is 7.14. The SMILES string of the molecule is COCCCN(C)C(=O)C1CCCN(C(=O)c2ccc(Cl)c(Cl)c2)C1. The molecule has 0 N–H and O–H groups in total. The van der Waals surface area contributed by atoms with Gasteiger partial charge in [0.2, 0.25) is 5.91 Å². The molecule has 0 aliphatic carbocycles. The molecule has 5 nitrogen and oxygen atoms in total. The topological polar surface area (TPSA) is 49.9 Å². The van der Waals surface area contributed by atoms with E-state index in [1.165, 1.54) is 0 Å². The zero-order valence-corrected chi connectivity index (χ0v) is 16.1. The smallest absolute Gasteiger partial charge is 0.253 e. The maximum atomic E-state index is 12.7. The van der Waals surface area contributed by atoms with Crippen molar-refractivity contribution in [2.45, 2.75) is 19.3 Å². The molecule has 1 aliphatic heterocycles. The highest BCUT2D eigenvalue weighted by Gasteiger charge is 2.30. The Morgan fingerprint density at radius 1 is 1.32 bits per heavy atom. The van der Waals surface area contributed by atoms with E-state index >= 15 is 0 Å². The molecular formula is C18H24Cl2N2O3. The number of nitrogens with zero attached hydrogens (tertiary/aromatic N) is 2. The quantitative estimate of drug-likeness (QED) is 0.704. The van der Waals surface area contributed by atoms with Crippen molar-refractivity contribution in [2.75, 3.05) is 40.4 Å². The van der Waals surface area contributed by atoms with E-state index in [0.717, 1.165) is 19.3 Å². The summed E-state index contributed by atoms with van der Waals surface area (Å²) < 4.78 is 5.02. The lowest BCUT2D eigenvalue weighted by Crippen LogP contribution is -2.46. The summed E-state index contributed by atoms with van der Waals surface area (Å²) in [7, 11) is 3.45. The van der Waals surface area contributed by atoms with Crippen LogP contribution in [-0.2, 0) is 9.53 Å². The van der Waals surface area contributed by atoms with Crippen molar-refractivity contribution in [1.29, 1.82) is 0 Å². The molecule has 1 unspecified atom stereocenters. The molecule has 1 saturated heterocycles. The number of carbonyl (C=O) groups is 2. The molecule has 1 heterocycles. The van der Waals surface area contributed by atoms with E-state index in [1.807, 2.05) is 0 Å². The summed E-state index contributed by atoms with van der Waals surface area (Å²) in [6.45, 7) is 2.37. The van der Waals surface area contributed by atoms with Gasteiger partial charge in [-0.2, -0.15) is 0 Å². The molecule has 1 fully saturated rings. The number of likely N-dealkylation sites (tertiary alicyclic amines) is 1. The van der Waals surface area contributed by atoms with Crippen LogP contribution in [0.15, 0.2) is 18.2 Å². The summed E-state index contributed by atoms with van der Waals surface area (Å²) >= 11 is 11.9. The second kappa shape index (κ2) is 9.41. The van der Waals surface area contributed by atoms with E-state index in [-0.39, 0.29) is 17.7 Å². The van der Waals surface area contributed by atoms with Crippen LogP contribution in [0.2, 0.25) is 10.0 Å². The minimum atomic E-state index is -0.159. The Hall–Kier alpha value is -1.30. The molecule has 25 heavy (non-hydrogen) atoms. The summed E-state index contributed by atoms with van der Waals surface area (Å²) in [5.74, 6) is -0.186. The highest BCUT2D eigenvalue weighted by atomic mass is 35.5. The van der Waals surface area contributed by atoms with Crippen molar-refractivity contribution in [3.05, 3.63) is 33.8 Å². The Morgan fingerprint density at radius 2 is 2.08 bits per heavy atom. The number of hydrogen-bond acceptors (Lipinski definition) is 3. The first-order valence-corrected chi connectivity index (χ1v) is 9.18. The van der Waals surface area contributed by atoms with Crippen LogP contribution < -0.4 is 0 Å². The Balaban J connectivity index is 1.98. The predicted octanol–water partition coefficient (Wildman–Crippen LogP) is 3.34. The first-order chi connectivity index (χ1) is 11.9. The third kappa shape index (κ3) is 5.33. The molecule has 0 spiro atoms. The Labute approximate surface area is 158 Å². The summed E-state index contributed by atoms with van der Waals surface area (Å²) in [6, 6.07) is 4.86. The summed E-state index contributed by atoms with van der Waals surface area (Å²) in [4.78, 5) is 28.8. The van der Waals surface area contributed by atoms with Crippen molar-refractivity contribution >= 4 is 35.0 Å². The number of carbonyl (C=O) groups excluding carboxylic acids is 2. The molecule has 2 rings (SSSR count). The van der Waals surface area contributed by atoms with Gasteiger partial charge in [0.25, 0.3) is 5.91 Å². The summed E-state index contributed by atoms with van der Waals surface area (Å²) in [5.41, 5.74) is 0.496. The van der Waals surface area contributed by atoms with Gasteiger partial charge in [0.05, 0.1) is 16.0 Å². The maximum absolute atomic E-state index is 12.7. The highest BCUT2D eigenvalue weighted by molar-refractivity contribution is 6.42. The molecule has 138 valence electrons. The van der Waals surface area contributed by atoms with Crippen LogP contribution in [-0.4, -0.2) is 62.0 Å². The summed E-state index contributed by atoms with van der Waals surface area (Å²) in [6.07, 6.45) is 2.42. The van der Waals surface area contributed by atoms with Crippen molar-refractivity contribution < 1.29 is 14.3 Å². The van der Waals surface area contributed by atoms with Gasteiger partial charge in [-0.25, -0.2) is 0 Å². The lowest BCUT2D eigenvalue weighted by Gasteiger charge is -2.34. The van der Waals surface area contributed by atoms with Gasteiger partial charge in [-0.3, -0.25) is 9.59 Å². The fourth-order valence-corrected chi connectivity index (χ4v) is 3.34. The van der Waals surface area contributed by atoms with Crippen molar-refractivity contribution in [3.63, 3.8) is 0 Å². The predicted molar refractivity (Wildman–Crippen MR) is 99.2 cm³/mol. The molecule has 1 aromatic rings. The van der Waals surface area contributed by atoms with Gasteiger partial charge < -0.3 is 14.5 Å². The van der Waals surface area contributed by atoms with Crippen molar-refractivity contribution in [3.8, 4) is 0 Å². The van der Waals surface area contributed by atoms with Crippen LogP contribution in [0.5, 0.6) is 0 Å². The number of halogens is 2. The molecule has 7 heteroatoms. The number of amides is 2. The van der Waals surface area contributed by atoms with Crippen LogP contribution in [0, 0.1) is 5.92 Å². The summed E-state index contributed by atoms with van der Waals surface area (Å²) in [5, 5.41) is 0.776. The largest absolute Gasteiger partial charge is 0.385 e. The zero-order valence-electron chi connectivity index (χ0n) is 14.6. The lowest BCUT2D eigenvalue weighted by atomic mass is 9.96. The van der Waals surface area contributed by atoms with Gasteiger partial charge in [0.1, 0.15) is 0 Å². The average molecular weight is 387 g/mol. The van der Waals surface area contributed by atoms with E-state index in [0.29, 0.717) is 41.8 Å². The fraction of sp³-hybridized carbons (Fsp3) is 0.556. The lowest BCUT2D eigenvalue weighted by molar-refractivity contribution is -0.135. The average Bonchev–Trinajstić information content (AvgIpc) is 2.63. The first-order valence-electron chi connectivity index (χ1n) is 8.42. The third-order valence-corrected chi connectivity index (χ3v) is 5.18. The molecule has 0 aromatic heterocycles. The minimum Gasteiger partial charge on any atom is -0.385 e. The van der Waals surface area contributed by atoms with Crippen LogP contribution in [0.25, 0.3) is 0 Å². The zero-order chi connectivity index (χ0) is 18.4. The van der Waals surface area contributed by atoms with E-state index < -0.39 is 0 Å². The number of methoxy groups -OCH3 is 1. The third-order valence-electron chi connectivity index (χ3n) is 4.44. The molecule has 0 radical (unpaired) electrons. The van der Waals surface area contributed by atoms with E-state index in [9.17, 15) is 9.59 Å². The molecule has 1 aromatic carbocycles.